The normalized spacial score (nSPS) is 15.0. The predicted octanol–water partition coefficient (Wildman–Crippen LogP) is 0.0444. The quantitative estimate of drug-likeness (QED) is 0.375. The molecule has 0 aromatic heterocycles. The van der Waals surface area contributed by atoms with Gasteiger partial charge in [0.1, 0.15) is 12.1 Å². The fourth-order valence-electron chi connectivity index (χ4n) is 2.99. The third-order valence-corrected chi connectivity index (χ3v) is 4.94. The summed E-state index contributed by atoms with van der Waals surface area (Å²) in [6.45, 7) is 5.37. The second kappa shape index (κ2) is 11.2. The molecular formula is C22H29N5O5. The van der Waals surface area contributed by atoms with Crippen molar-refractivity contribution >= 4 is 35.2 Å². The lowest BCUT2D eigenvalue weighted by Gasteiger charge is -2.24. The van der Waals surface area contributed by atoms with Crippen LogP contribution < -0.4 is 21.7 Å². The Morgan fingerprint density at radius 2 is 1.53 bits per heavy atom. The highest BCUT2D eigenvalue weighted by Gasteiger charge is 2.28. The number of imide groups is 1. The highest BCUT2D eigenvalue weighted by molar-refractivity contribution is 6.13. The molecule has 1 aromatic carbocycles. The van der Waals surface area contributed by atoms with Gasteiger partial charge in [-0.15, -0.1) is 0 Å². The summed E-state index contributed by atoms with van der Waals surface area (Å²) in [4.78, 5) is 61.5. The molecule has 0 unspecified atom stereocenters. The lowest BCUT2D eigenvalue weighted by molar-refractivity contribution is -0.137. The van der Waals surface area contributed by atoms with Crippen molar-refractivity contribution < 1.29 is 24.0 Å². The van der Waals surface area contributed by atoms with E-state index >= 15 is 0 Å². The van der Waals surface area contributed by atoms with Crippen LogP contribution in [0.1, 0.15) is 32.8 Å². The van der Waals surface area contributed by atoms with Crippen molar-refractivity contribution in [2.45, 2.75) is 45.8 Å². The summed E-state index contributed by atoms with van der Waals surface area (Å²) in [6, 6.07) is 5.30. The number of benzene rings is 1. The summed E-state index contributed by atoms with van der Waals surface area (Å²) in [6.07, 6.45) is 2.15. The van der Waals surface area contributed by atoms with Gasteiger partial charge in [-0.2, -0.15) is 0 Å². The molecule has 0 bridgehead atoms. The first kappa shape index (κ1) is 24.7. The molecule has 5 N–H and O–H groups in total. The van der Waals surface area contributed by atoms with Crippen LogP contribution in [0.15, 0.2) is 36.4 Å². The Bertz CT molecular complexity index is 892. The Hall–Kier alpha value is -3.53. The number of carbonyl (C=O) groups excluding carboxylic acids is 5. The van der Waals surface area contributed by atoms with Crippen molar-refractivity contribution in [2.75, 3.05) is 11.9 Å². The van der Waals surface area contributed by atoms with E-state index in [1.54, 1.807) is 38.1 Å². The number of nitrogens with zero attached hydrogens (tertiary/aromatic N) is 1. The Balaban J connectivity index is 1.87. The molecule has 0 saturated heterocycles. The van der Waals surface area contributed by atoms with E-state index < -0.39 is 41.6 Å². The standard InChI is InChI=1S/C22H29N5O5/c1-13(2)20(26-17(28)10-11-27-18(29)8-9-19(27)30)22(32)24-14(3)21(31)25-16-6-4-15(12-23)5-7-16/h4-9,13-14,20H,10-12,23H2,1-3H3,(H,24,32)(H,25,31)(H,26,28)/t14-,20-/m0/s1. The average Bonchev–Trinajstić information content (AvgIpc) is 3.07. The highest BCUT2D eigenvalue weighted by Crippen LogP contribution is 2.10. The second-order valence-electron chi connectivity index (χ2n) is 7.82. The van der Waals surface area contributed by atoms with Gasteiger partial charge in [0.15, 0.2) is 0 Å². The molecule has 1 aliphatic heterocycles. The van der Waals surface area contributed by atoms with Crippen LogP contribution in [-0.4, -0.2) is 53.1 Å². The first-order chi connectivity index (χ1) is 15.1. The van der Waals surface area contributed by atoms with E-state index in [1.807, 2.05) is 0 Å². The van der Waals surface area contributed by atoms with Gasteiger partial charge in [-0.3, -0.25) is 28.9 Å². The zero-order valence-electron chi connectivity index (χ0n) is 18.4. The van der Waals surface area contributed by atoms with Crippen LogP contribution in [-0.2, 0) is 30.5 Å². The van der Waals surface area contributed by atoms with Crippen LogP contribution in [0.2, 0.25) is 0 Å². The molecule has 0 radical (unpaired) electrons. The second-order valence-corrected chi connectivity index (χ2v) is 7.82. The molecule has 0 saturated carbocycles. The largest absolute Gasteiger partial charge is 0.344 e. The van der Waals surface area contributed by atoms with E-state index in [-0.39, 0.29) is 18.9 Å². The van der Waals surface area contributed by atoms with Crippen LogP contribution in [0, 0.1) is 5.92 Å². The predicted molar refractivity (Wildman–Crippen MR) is 118 cm³/mol. The van der Waals surface area contributed by atoms with Crippen molar-refractivity contribution in [1.82, 2.24) is 15.5 Å². The van der Waals surface area contributed by atoms with Gasteiger partial charge < -0.3 is 21.7 Å². The average molecular weight is 444 g/mol. The Morgan fingerprint density at radius 1 is 0.938 bits per heavy atom. The van der Waals surface area contributed by atoms with E-state index in [9.17, 15) is 24.0 Å². The van der Waals surface area contributed by atoms with Crippen molar-refractivity contribution in [2.24, 2.45) is 11.7 Å². The fraction of sp³-hybridized carbons (Fsp3) is 0.409. The number of hydrogen-bond donors (Lipinski definition) is 4. The fourth-order valence-corrected chi connectivity index (χ4v) is 2.99. The SMILES string of the molecule is CC(C)[C@H](NC(=O)CCN1C(=O)C=CC1=O)C(=O)N[C@@H](C)C(=O)Nc1ccc(CN)cc1. The minimum Gasteiger partial charge on any atom is -0.344 e. The van der Waals surface area contributed by atoms with Crippen molar-refractivity contribution in [1.29, 1.82) is 0 Å². The zero-order valence-corrected chi connectivity index (χ0v) is 18.4. The van der Waals surface area contributed by atoms with Crippen LogP contribution in [0.4, 0.5) is 5.69 Å². The number of rotatable bonds is 10. The Kier molecular flexibility index (Phi) is 8.65. The van der Waals surface area contributed by atoms with Crippen LogP contribution in [0.5, 0.6) is 0 Å². The minimum absolute atomic E-state index is 0.0787. The van der Waals surface area contributed by atoms with E-state index in [2.05, 4.69) is 16.0 Å². The number of carbonyl (C=O) groups is 5. The summed E-state index contributed by atoms with van der Waals surface area (Å²) >= 11 is 0. The molecule has 0 aliphatic carbocycles. The molecule has 10 heteroatoms. The Labute approximate surface area is 186 Å². The molecule has 0 fully saturated rings. The van der Waals surface area contributed by atoms with Crippen LogP contribution in [0.25, 0.3) is 0 Å². The number of nitrogens with one attached hydrogen (secondary N) is 3. The zero-order chi connectivity index (χ0) is 23.8. The van der Waals surface area contributed by atoms with Gasteiger partial charge in [0, 0.05) is 37.3 Å². The van der Waals surface area contributed by atoms with Crippen molar-refractivity contribution in [3.05, 3.63) is 42.0 Å². The molecule has 10 nitrogen and oxygen atoms in total. The van der Waals surface area contributed by atoms with Crippen LogP contribution in [0.3, 0.4) is 0 Å². The molecule has 5 amide bonds. The third-order valence-electron chi connectivity index (χ3n) is 4.94. The molecule has 1 heterocycles. The molecule has 32 heavy (non-hydrogen) atoms. The van der Waals surface area contributed by atoms with Gasteiger partial charge in [0.25, 0.3) is 11.8 Å². The maximum absolute atomic E-state index is 12.7. The van der Waals surface area contributed by atoms with Gasteiger partial charge in [-0.05, 0) is 30.5 Å². The van der Waals surface area contributed by atoms with Crippen molar-refractivity contribution in [3.63, 3.8) is 0 Å². The lowest BCUT2D eigenvalue weighted by atomic mass is 10.0. The van der Waals surface area contributed by atoms with Gasteiger partial charge in [-0.1, -0.05) is 26.0 Å². The van der Waals surface area contributed by atoms with E-state index in [0.717, 1.165) is 22.6 Å². The summed E-state index contributed by atoms with van der Waals surface area (Å²) in [7, 11) is 0. The molecule has 1 aromatic rings. The van der Waals surface area contributed by atoms with Gasteiger partial charge in [0.2, 0.25) is 17.7 Å². The number of amides is 5. The smallest absolute Gasteiger partial charge is 0.253 e. The van der Waals surface area contributed by atoms with E-state index in [1.165, 1.54) is 6.92 Å². The first-order valence-electron chi connectivity index (χ1n) is 10.4. The highest BCUT2D eigenvalue weighted by atomic mass is 16.2. The maximum atomic E-state index is 12.7. The van der Waals surface area contributed by atoms with Crippen molar-refractivity contribution in [3.8, 4) is 0 Å². The minimum atomic E-state index is -0.885. The number of nitrogens with two attached hydrogens (primary N) is 1. The molecule has 2 rings (SSSR count). The Morgan fingerprint density at radius 3 is 2.06 bits per heavy atom. The lowest BCUT2D eigenvalue weighted by Crippen LogP contribution is -2.54. The number of hydrogen-bond acceptors (Lipinski definition) is 6. The topological polar surface area (TPSA) is 151 Å². The van der Waals surface area contributed by atoms with Crippen LogP contribution >= 0.6 is 0 Å². The summed E-state index contributed by atoms with van der Waals surface area (Å²) < 4.78 is 0. The molecule has 2 atom stereocenters. The van der Waals surface area contributed by atoms with Gasteiger partial charge >= 0.3 is 0 Å². The summed E-state index contributed by atoms with van der Waals surface area (Å²) in [5.41, 5.74) is 7.05. The van der Waals surface area contributed by atoms with Gasteiger partial charge in [-0.25, -0.2) is 0 Å². The maximum Gasteiger partial charge on any atom is 0.253 e. The molecular weight excluding hydrogens is 414 g/mol. The molecule has 172 valence electrons. The third kappa shape index (κ3) is 6.74. The van der Waals surface area contributed by atoms with Gasteiger partial charge in [0.05, 0.1) is 0 Å². The number of anilines is 1. The monoisotopic (exact) mass is 443 g/mol. The molecule has 0 spiro atoms. The molecule has 1 aliphatic rings. The summed E-state index contributed by atoms with van der Waals surface area (Å²) in [5.74, 6) is -2.61. The van der Waals surface area contributed by atoms with E-state index in [0.29, 0.717) is 12.2 Å². The summed E-state index contributed by atoms with van der Waals surface area (Å²) in [5, 5.41) is 7.93. The first-order valence-corrected chi connectivity index (χ1v) is 10.4. The van der Waals surface area contributed by atoms with E-state index in [4.69, 9.17) is 5.73 Å².